The van der Waals surface area contributed by atoms with Gasteiger partial charge in [-0.3, -0.25) is 0 Å². The first-order chi connectivity index (χ1) is 36.1. The van der Waals surface area contributed by atoms with E-state index < -0.39 is 0 Å². The van der Waals surface area contributed by atoms with Crippen LogP contribution in [-0.4, -0.2) is 52.2 Å². The van der Waals surface area contributed by atoms with Crippen molar-refractivity contribution in [2.45, 2.75) is 363 Å². The molecular weight excluding hydrogens is 905 g/mol. The average Bonchev–Trinajstić information content (AvgIpc) is 3.40. The summed E-state index contributed by atoms with van der Waals surface area (Å²) in [4.78, 5) is 0. The van der Waals surface area contributed by atoms with Crippen molar-refractivity contribution >= 4 is 0 Å². The van der Waals surface area contributed by atoms with Crippen molar-refractivity contribution < 1.29 is 33.2 Å². The number of allylic oxidation sites excluding steroid dienone is 2. The largest absolute Gasteiger partial charge is 0.494 e. The van der Waals surface area contributed by atoms with Crippen molar-refractivity contribution in [1.29, 1.82) is 0 Å². The molecular formula is C66H130O7. The average molecular weight is 1040 g/mol. The maximum atomic E-state index is 6.93. The molecule has 0 aromatic heterocycles. The quantitative estimate of drug-likeness (QED) is 0.0342. The van der Waals surface area contributed by atoms with E-state index in [0.717, 1.165) is 113 Å². The summed E-state index contributed by atoms with van der Waals surface area (Å²) in [6.07, 6.45) is 54.7. The lowest BCUT2D eigenvalue weighted by molar-refractivity contribution is -0.167. The summed E-state index contributed by atoms with van der Waals surface area (Å²) in [5.41, 5.74) is 0. The van der Waals surface area contributed by atoms with Crippen LogP contribution in [-0.2, 0) is 33.2 Å². The van der Waals surface area contributed by atoms with E-state index in [-0.39, 0.29) is 25.8 Å². The predicted octanol–water partition coefficient (Wildman–Crippen LogP) is 22.3. The third-order valence-electron chi connectivity index (χ3n) is 14.6. The molecule has 0 radical (unpaired) electrons. The molecule has 2 unspecified atom stereocenters. The zero-order chi connectivity index (χ0) is 53.2. The Morgan fingerprint density at radius 3 is 0.767 bits per heavy atom. The van der Waals surface area contributed by atoms with Crippen LogP contribution in [0.2, 0.25) is 0 Å². The highest BCUT2D eigenvalue weighted by Gasteiger charge is 2.25. The molecule has 0 amide bonds. The third kappa shape index (κ3) is 46.4. The van der Waals surface area contributed by atoms with Gasteiger partial charge >= 0.3 is 0 Å². The Morgan fingerprint density at radius 1 is 0.247 bits per heavy atom. The SMILES string of the molecule is CCCCCCCCOC(CCCCC)=C(OCCCCCCCC)C(CCCCCCCC)OCOCOC(CCCCCCCC)C(OCCCCCCCC)=C(CCCCC)OCCCCCCCC. The fraction of sp³-hybridized carbons (Fsp3) is 0.939. The van der Waals surface area contributed by atoms with Gasteiger partial charge in [0.15, 0.2) is 25.1 Å². The fourth-order valence-corrected chi connectivity index (χ4v) is 9.69. The summed E-state index contributed by atoms with van der Waals surface area (Å²) >= 11 is 0. The third-order valence-corrected chi connectivity index (χ3v) is 14.6. The highest BCUT2D eigenvalue weighted by atomic mass is 16.7. The number of hydrogen-bond acceptors (Lipinski definition) is 7. The van der Waals surface area contributed by atoms with Gasteiger partial charge < -0.3 is 33.2 Å². The maximum absolute atomic E-state index is 6.93. The van der Waals surface area contributed by atoms with Crippen LogP contribution in [0.15, 0.2) is 23.0 Å². The molecule has 0 heterocycles. The Balaban J connectivity index is 6.77. The van der Waals surface area contributed by atoms with Crippen molar-refractivity contribution in [3.63, 3.8) is 0 Å². The predicted molar refractivity (Wildman–Crippen MR) is 316 cm³/mol. The molecule has 7 heteroatoms. The lowest BCUT2D eigenvalue weighted by Crippen LogP contribution is -2.25. The zero-order valence-corrected chi connectivity index (χ0v) is 50.8. The van der Waals surface area contributed by atoms with Crippen molar-refractivity contribution in [3.8, 4) is 0 Å². The van der Waals surface area contributed by atoms with Gasteiger partial charge in [-0.25, -0.2) is 0 Å². The lowest BCUT2D eigenvalue weighted by Gasteiger charge is -2.26. The first-order valence-electron chi connectivity index (χ1n) is 32.9. The summed E-state index contributed by atoms with van der Waals surface area (Å²) in [6.45, 7) is 21.5. The van der Waals surface area contributed by atoms with Crippen LogP contribution in [0.25, 0.3) is 0 Å². The molecule has 0 aliphatic rings. The molecule has 0 spiro atoms. The molecule has 0 bridgehead atoms. The van der Waals surface area contributed by atoms with Crippen LogP contribution in [0.4, 0.5) is 0 Å². The van der Waals surface area contributed by atoms with E-state index in [0.29, 0.717) is 13.2 Å². The van der Waals surface area contributed by atoms with E-state index in [1.165, 1.54) is 218 Å². The molecule has 7 nitrogen and oxygen atoms in total. The molecule has 0 aromatic carbocycles. The Hall–Kier alpha value is -1.44. The molecule has 2 atom stereocenters. The first kappa shape index (κ1) is 71.6. The van der Waals surface area contributed by atoms with E-state index in [9.17, 15) is 0 Å². The molecule has 0 saturated carbocycles. The van der Waals surface area contributed by atoms with E-state index >= 15 is 0 Å². The summed E-state index contributed by atoms with van der Waals surface area (Å²) in [7, 11) is 0. The van der Waals surface area contributed by atoms with Crippen molar-refractivity contribution in [2.24, 2.45) is 0 Å². The molecule has 0 aromatic rings. The van der Waals surface area contributed by atoms with Gasteiger partial charge in [-0.1, -0.05) is 287 Å². The van der Waals surface area contributed by atoms with Gasteiger partial charge in [0.25, 0.3) is 0 Å². The Labute approximate surface area is 457 Å². The minimum absolute atomic E-state index is 0.142. The Bertz CT molecular complexity index is 1050. The smallest absolute Gasteiger partial charge is 0.162 e. The Kier molecular flexibility index (Phi) is 58.6. The molecule has 73 heavy (non-hydrogen) atoms. The second kappa shape index (κ2) is 59.8. The van der Waals surface area contributed by atoms with Crippen LogP contribution in [0, 0.1) is 0 Å². The standard InChI is InChI=1S/C66H130O7/c1-9-17-25-31-37-45-53-63(65(70-57-49-41-35-29-21-13-5)61(51-43-23-15-7)68-55-47-39-33-27-19-11-3)72-59-67-60-73-64(54-46-38-32-26-18-10-2)66(71-58-50-42-36-30-22-14-6)62(52-44-24-16-8)69-56-48-40-34-28-20-12-4/h63-64H,9-60H2,1-8H3. The van der Waals surface area contributed by atoms with Gasteiger partial charge in [0.1, 0.15) is 23.7 Å². The van der Waals surface area contributed by atoms with E-state index in [1.54, 1.807) is 0 Å². The van der Waals surface area contributed by atoms with Gasteiger partial charge in [0, 0.05) is 12.8 Å². The molecule has 0 fully saturated rings. The fourth-order valence-electron chi connectivity index (χ4n) is 9.69. The first-order valence-corrected chi connectivity index (χ1v) is 32.9. The van der Waals surface area contributed by atoms with Crippen LogP contribution in [0.5, 0.6) is 0 Å². The Morgan fingerprint density at radius 2 is 0.479 bits per heavy atom. The van der Waals surface area contributed by atoms with Gasteiger partial charge in [-0.15, -0.1) is 0 Å². The summed E-state index contributed by atoms with van der Waals surface area (Å²) in [5.74, 6) is 3.91. The molecule has 0 aliphatic heterocycles. The number of ether oxygens (including phenoxy) is 7. The number of unbranched alkanes of at least 4 members (excludes halogenated alkanes) is 34. The van der Waals surface area contributed by atoms with Crippen molar-refractivity contribution in [2.75, 3.05) is 40.0 Å². The molecule has 0 aliphatic carbocycles. The summed E-state index contributed by atoms with van der Waals surface area (Å²) in [6, 6.07) is 0. The minimum atomic E-state index is -0.219. The molecule has 0 saturated heterocycles. The second-order valence-electron chi connectivity index (χ2n) is 21.8. The minimum Gasteiger partial charge on any atom is -0.494 e. The summed E-state index contributed by atoms with van der Waals surface area (Å²) in [5, 5.41) is 0. The van der Waals surface area contributed by atoms with Gasteiger partial charge in [-0.05, 0) is 51.4 Å². The lowest BCUT2D eigenvalue weighted by atomic mass is 10.0. The van der Waals surface area contributed by atoms with Crippen LogP contribution >= 0.6 is 0 Å². The summed E-state index contributed by atoms with van der Waals surface area (Å²) < 4.78 is 47.7. The van der Waals surface area contributed by atoms with Gasteiger partial charge in [0.05, 0.1) is 26.4 Å². The normalized spacial score (nSPS) is 13.3. The van der Waals surface area contributed by atoms with E-state index in [2.05, 4.69) is 55.4 Å². The van der Waals surface area contributed by atoms with Crippen LogP contribution in [0.3, 0.4) is 0 Å². The topological polar surface area (TPSA) is 64.6 Å². The van der Waals surface area contributed by atoms with Crippen LogP contribution in [0.1, 0.15) is 351 Å². The van der Waals surface area contributed by atoms with Crippen molar-refractivity contribution in [3.05, 3.63) is 23.0 Å². The van der Waals surface area contributed by atoms with Gasteiger partial charge in [0.2, 0.25) is 0 Å². The van der Waals surface area contributed by atoms with Gasteiger partial charge in [-0.2, -0.15) is 0 Å². The molecule has 436 valence electrons. The van der Waals surface area contributed by atoms with Crippen molar-refractivity contribution in [1.82, 2.24) is 0 Å². The number of hydrogen-bond donors (Lipinski definition) is 0. The second-order valence-corrected chi connectivity index (χ2v) is 21.8. The zero-order valence-electron chi connectivity index (χ0n) is 50.8. The molecule has 0 N–H and O–H groups in total. The number of rotatable bonds is 62. The molecule has 0 rings (SSSR count). The highest BCUT2D eigenvalue weighted by molar-refractivity contribution is 5.09. The van der Waals surface area contributed by atoms with Crippen LogP contribution < -0.4 is 0 Å². The van der Waals surface area contributed by atoms with E-state index in [1.807, 2.05) is 0 Å². The van der Waals surface area contributed by atoms with E-state index in [4.69, 9.17) is 33.2 Å². The monoisotopic (exact) mass is 1030 g/mol. The highest BCUT2D eigenvalue weighted by Crippen LogP contribution is 2.29. The maximum Gasteiger partial charge on any atom is 0.162 e.